The minimum atomic E-state index is -3.45. The van der Waals surface area contributed by atoms with Crippen molar-refractivity contribution in [3.8, 4) is 0 Å². The molecule has 4 saturated carbocycles. The van der Waals surface area contributed by atoms with E-state index >= 15 is 0 Å². The molecule has 0 radical (unpaired) electrons. The molecule has 4 aliphatic rings. The van der Waals surface area contributed by atoms with Crippen LogP contribution in [0.25, 0.3) is 0 Å². The molecule has 5 rings (SSSR count). The summed E-state index contributed by atoms with van der Waals surface area (Å²) in [4.78, 5) is 0.419. The molecule has 178 valence electrons. The fraction of sp³-hybridized carbons (Fsp3) is 0.786. The quantitative estimate of drug-likeness (QED) is 0.511. The molecule has 1 aromatic rings. The van der Waals surface area contributed by atoms with Gasteiger partial charge in [0.2, 0.25) is 10.0 Å². The summed E-state index contributed by atoms with van der Waals surface area (Å²) in [7, 11) is -1.64. The second-order valence-electron chi connectivity index (χ2n) is 12.2. The minimum Gasteiger partial charge on any atom is -0.207 e. The predicted molar refractivity (Wildman–Crippen MR) is 131 cm³/mol. The van der Waals surface area contributed by atoms with E-state index in [2.05, 4.69) is 20.8 Å². The van der Waals surface area contributed by atoms with Crippen LogP contribution in [0.1, 0.15) is 78.6 Å². The molecule has 1 aromatic carbocycles. The van der Waals surface area contributed by atoms with Crippen LogP contribution in [0.4, 0.5) is 0 Å². The van der Waals surface area contributed by atoms with Crippen LogP contribution in [0.15, 0.2) is 35.2 Å². The van der Waals surface area contributed by atoms with Gasteiger partial charge in [0, 0.05) is 13.1 Å². The maximum absolute atomic E-state index is 13.3. The third-order valence-corrected chi connectivity index (χ3v) is 12.8. The fourth-order valence-electron chi connectivity index (χ4n) is 9.15. The lowest BCUT2D eigenvalue weighted by molar-refractivity contribution is -0.0724. The molecule has 0 bridgehead atoms. The second kappa shape index (κ2) is 8.41. The number of nitrogens with zero attached hydrogens (tertiary/aromatic N) is 1. The van der Waals surface area contributed by atoms with Gasteiger partial charge >= 0.3 is 0 Å². The van der Waals surface area contributed by atoms with Gasteiger partial charge in [0.15, 0.2) is 0 Å². The van der Waals surface area contributed by atoms with Gasteiger partial charge in [-0.3, -0.25) is 0 Å². The number of hydrogen-bond donors (Lipinski definition) is 0. The molecule has 0 heterocycles. The summed E-state index contributed by atoms with van der Waals surface area (Å²) in [5.41, 5.74) is 0.288. The highest BCUT2D eigenvalue weighted by Gasteiger charge is 2.58. The Kier molecular flexibility index (Phi) is 6.02. The Bertz CT molecular complexity index is 915. The predicted octanol–water partition coefficient (Wildman–Crippen LogP) is 6.60. The molecule has 4 aliphatic carbocycles. The summed E-state index contributed by atoms with van der Waals surface area (Å²) < 4.78 is 28.4. The van der Waals surface area contributed by atoms with Gasteiger partial charge in [-0.25, -0.2) is 8.42 Å². The van der Waals surface area contributed by atoms with Gasteiger partial charge in [-0.1, -0.05) is 38.5 Å². The molecular weight excluding hydrogens is 414 g/mol. The number of rotatable bonds is 4. The molecule has 0 spiro atoms. The van der Waals surface area contributed by atoms with Crippen molar-refractivity contribution in [1.29, 1.82) is 0 Å². The van der Waals surface area contributed by atoms with E-state index in [9.17, 15) is 8.42 Å². The van der Waals surface area contributed by atoms with Gasteiger partial charge < -0.3 is 0 Å². The van der Waals surface area contributed by atoms with E-state index in [0.29, 0.717) is 10.8 Å². The third-order valence-electron chi connectivity index (χ3n) is 10.9. The Hall–Kier alpha value is -0.870. The zero-order chi connectivity index (χ0) is 22.7. The van der Waals surface area contributed by atoms with E-state index in [1.165, 1.54) is 57.8 Å². The molecule has 0 aliphatic heterocycles. The van der Waals surface area contributed by atoms with Crippen molar-refractivity contribution in [3.63, 3.8) is 0 Å². The Balaban J connectivity index is 1.35. The smallest absolute Gasteiger partial charge is 0.207 e. The SMILES string of the molecule is CC1CC[C@@H]2C3CC[C@@]4(C)C(CCC4[C@H](C)N(C)S(=O)(=O)c4ccccc4)[C@@H]3CC[C@@H]2C1. The van der Waals surface area contributed by atoms with E-state index in [1.54, 1.807) is 16.4 Å². The highest BCUT2D eigenvalue weighted by Crippen LogP contribution is 2.65. The Morgan fingerprint density at radius 2 is 1.66 bits per heavy atom. The molecule has 0 N–H and O–H groups in total. The molecule has 3 nitrogen and oxygen atoms in total. The van der Waals surface area contributed by atoms with Gasteiger partial charge in [-0.2, -0.15) is 4.31 Å². The van der Waals surface area contributed by atoms with Crippen LogP contribution in [0.2, 0.25) is 0 Å². The summed E-state index contributed by atoms with van der Waals surface area (Å²) in [6.45, 7) is 7.16. The molecule has 0 amide bonds. The Labute approximate surface area is 196 Å². The van der Waals surface area contributed by atoms with E-state index in [4.69, 9.17) is 0 Å². The van der Waals surface area contributed by atoms with E-state index < -0.39 is 10.0 Å². The summed E-state index contributed by atoms with van der Waals surface area (Å²) in [5, 5.41) is 0. The van der Waals surface area contributed by atoms with Crippen molar-refractivity contribution < 1.29 is 8.42 Å². The van der Waals surface area contributed by atoms with Crippen LogP contribution in [-0.2, 0) is 10.0 Å². The van der Waals surface area contributed by atoms with E-state index in [-0.39, 0.29) is 11.5 Å². The van der Waals surface area contributed by atoms with E-state index in [0.717, 1.165) is 35.5 Å². The van der Waals surface area contributed by atoms with Gasteiger partial charge in [0.1, 0.15) is 0 Å². The highest BCUT2D eigenvalue weighted by molar-refractivity contribution is 7.89. The monoisotopic (exact) mass is 457 g/mol. The van der Waals surface area contributed by atoms with Gasteiger partial charge in [-0.15, -0.1) is 0 Å². The summed E-state index contributed by atoms with van der Waals surface area (Å²) in [6, 6.07) is 9.02. The maximum Gasteiger partial charge on any atom is 0.243 e. The molecule has 4 heteroatoms. The Morgan fingerprint density at radius 3 is 2.41 bits per heavy atom. The first-order valence-electron chi connectivity index (χ1n) is 13.3. The standard InChI is InChI=1S/C28H43NO2S/c1-19-10-12-23-21(18-19)11-13-25-24(23)16-17-28(3)26(14-15-27(25)28)20(2)29(4)32(30,31)22-8-6-5-7-9-22/h5-9,19-21,23-27H,10-18H2,1-4H3/t19?,20-,21+,23-,24?,25+,26?,27?,28+/m0/s1. The average molecular weight is 458 g/mol. The van der Waals surface area contributed by atoms with Crippen molar-refractivity contribution in [2.45, 2.75) is 89.5 Å². The summed E-state index contributed by atoms with van der Waals surface area (Å²) >= 11 is 0. The average Bonchev–Trinajstić information content (AvgIpc) is 3.15. The molecular formula is C28H43NO2S. The van der Waals surface area contributed by atoms with Crippen molar-refractivity contribution in [2.24, 2.45) is 46.8 Å². The van der Waals surface area contributed by atoms with Crippen LogP contribution < -0.4 is 0 Å². The second-order valence-corrected chi connectivity index (χ2v) is 14.2. The largest absolute Gasteiger partial charge is 0.243 e. The topological polar surface area (TPSA) is 37.4 Å². The maximum atomic E-state index is 13.3. The molecule has 0 saturated heterocycles. The molecule has 4 unspecified atom stereocenters. The normalized spacial score (nSPS) is 42.7. The van der Waals surface area contributed by atoms with Gasteiger partial charge in [-0.05, 0) is 117 Å². The lowest BCUT2D eigenvalue weighted by Crippen LogP contribution is -2.51. The molecule has 32 heavy (non-hydrogen) atoms. The lowest BCUT2D eigenvalue weighted by atomic mass is 9.49. The third kappa shape index (κ3) is 3.59. The molecule has 9 atom stereocenters. The highest BCUT2D eigenvalue weighted by atomic mass is 32.2. The van der Waals surface area contributed by atoms with E-state index in [1.807, 2.05) is 25.2 Å². The number of sulfonamides is 1. The van der Waals surface area contributed by atoms with Crippen LogP contribution in [0.5, 0.6) is 0 Å². The Morgan fingerprint density at radius 1 is 0.938 bits per heavy atom. The molecule has 4 fully saturated rings. The molecule has 0 aromatic heterocycles. The first-order valence-corrected chi connectivity index (χ1v) is 14.7. The van der Waals surface area contributed by atoms with Crippen LogP contribution in [0.3, 0.4) is 0 Å². The van der Waals surface area contributed by atoms with Crippen LogP contribution >= 0.6 is 0 Å². The van der Waals surface area contributed by atoms with Crippen molar-refractivity contribution >= 4 is 10.0 Å². The van der Waals surface area contributed by atoms with Crippen LogP contribution in [-0.4, -0.2) is 25.8 Å². The minimum absolute atomic E-state index is 0.0404. The summed E-state index contributed by atoms with van der Waals surface area (Å²) in [5.74, 6) is 5.98. The fourth-order valence-corrected chi connectivity index (χ4v) is 10.6. The lowest BCUT2D eigenvalue weighted by Gasteiger charge is -2.57. The van der Waals surface area contributed by atoms with Crippen molar-refractivity contribution in [2.75, 3.05) is 7.05 Å². The first kappa shape index (κ1) is 22.9. The van der Waals surface area contributed by atoms with Crippen molar-refractivity contribution in [1.82, 2.24) is 4.31 Å². The summed E-state index contributed by atoms with van der Waals surface area (Å²) in [6.07, 6.45) is 12.4. The first-order chi connectivity index (χ1) is 15.2. The number of fused-ring (bicyclic) bond motifs is 5. The van der Waals surface area contributed by atoms with Gasteiger partial charge in [0.25, 0.3) is 0 Å². The van der Waals surface area contributed by atoms with Crippen molar-refractivity contribution in [3.05, 3.63) is 30.3 Å². The van der Waals surface area contributed by atoms with Gasteiger partial charge in [0.05, 0.1) is 4.90 Å². The number of benzene rings is 1. The zero-order valence-corrected chi connectivity index (χ0v) is 21.4. The number of hydrogen-bond acceptors (Lipinski definition) is 2. The zero-order valence-electron chi connectivity index (χ0n) is 20.5. The van der Waals surface area contributed by atoms with Crippen LogP contribution in [0, 0.1) is 46.8 Å².